The van der Waals surface area contributed by atoms with Gasteiger partial charge in [0.05, 0.1) is 0 Å². The third-order valence-corrected chi connectivity index (χ3v) is 8.68. The summed E-state index contributed by atoms with van der Waals surface area (Å²) in [5, 5.41) is 5.07. The molecule has 0 N–H and O–H groups in total. The number of hydrogen-bond acceptors (Lipinski definition) is 1. The topological polar surface area (TPSA) is 3.24 Å². The fourth-order valence-electron chi connectivity index (χ4n) is 6.41. The van der Waals surface area contributed by atoms with Crippen molar-refractivity contribution in [1.82, 2.24) is 0 Å². The van der Waals surface area contributed by atoms with Crippen molar-refractivity contribution >= 4 is 38.6 Å². The molecule has 0 aliphatic carbocycles. The van der Waals surface area contributed by atoms with Crippen LogP contribution < -0.4 is 4.90 Å². The largest absolute Gasteiger partial charge is 0.311 e. The number of rotatable bonds is 6. The summed E-state index contributed by atoms with van der Waals surface area (Å²) < 4.78 is 0. The molecule has 0 aromatic heterocycles. The van der Waals surface area contributed by atoms with Crippen molar-refractivity contribution in [2.75, 3.05) is 4.90 Å². The van der Waals surface area contributed by atoms with Crippen molar-refractivity contribution in [3.05, 3.63) is 188 Å². The first kappa shape index (κ1) is 26.7. The Morgan fingerprint density at radius 2 is 0.600 bits per heavy atom. The summed E-state index contributed by atoms with van der Waals surface area (Å²) in [6, 6.07) is 67.5. The zero-order valence-corrected chi connectivity index (χ0v) is 24.8. The highest BCUT2D eigenvalue weighted by Gasteiger charge is 2.14. The van der Waals surface area contributed by atoms with Crippen molar-refractivity contribution in [3.8, 4) is 33.4 Å². The highest BCUT2D eigenvalue weighted by molar-refractivity contribution is 5.98. The Hall–Kier alpha value is -5.92. The van der Waals surface area contributed by atoms with Crippen LogP contribution in [-0.2, 0) is 0 Å². The van der Waals surface area contributed by atoms with E-state index in [4.69, 9.17) is 0 Å². The maximum Gasteiger partial charge on any atom is 0.0462 e. The third-order valence-electron chi connectivity index (χ3n) is 8.68. The fourth-order valence-corrected chi connectivity index (χ4v) is 6.41. The molecule has 1 nitrogen and oxygen atoms in total. The lowest BCUT2D eigenvalue weighted by Gasteiger charge is -2.26. The van der Waals surface area contributed by atoms with E-state index in [9.17, 15) is 0 Å². The van der Waals surface area contributed by atoms with Gasteiger partial charge in [-0.15, -0.1) is 0 Å². The Morgan fingerprint density at radius 1 is 0.244 bits per heavy atom. The van der Waals surface area contributed by atoms with E-state index in [0.717, 1.165) is 17.1 Å². The molecule has 8 rings (SSSR count). The summed E-state index contributed by atoms with van der Waals surface area (Å²) in [5.74, 6) is 0. The first-order valence-electron chi connectivity index (χ1n) is 15.4. The van der Waals surface area contributed by atoms with Gasteiger partial charge in [0.1, 0.15) is 0 Å². The third kappa shape index (κ3) is 5.15. The zero-order valence-electron chi connectivity index (χ0n) is 24.8. The van der Waals surface area contributed by atoms with Crippen molar-refractivity contribution < 1.29 is 0 Å². The van der Waals surface area contributed by atoms with E-state index in [2.05, 4.69) is 193 Å². The summed E-state index contributed by atoms with van der Waals surface area (Å²) in [7, 11) is 0. The number of anilines is 3. The SMILES string of the molecule is c1ccc(N(c2ccc(-c3ccc(-c4cccc5ccccc45)cc3)cc2)c2ccc(-c3cccc4ccccc34)cc2)cc1. The second-order valence-electron chi connectivity index (χ2n) is 11.4. The van der Waals surface area contributed by atoms with E-state index in [1.165, 1.54) is 54.9 Å². The zero-order chi connectivity index (χ0) is 30.0. The predicted molar refractivity (Wildman–Crippen MR) is 192 cm³/mol. The van der Waals surface area contributed by atoms with Gasteiger partial charge in [-0.2, -0.15) is 0 Å². The summed E-state index contributed by atoms with van der Waals surface area (Å²) in [6.07, 6.45) is 0. The monoisotopic (exact) mass is 573 g/mol. The van der Waals surface area contributed by atoms with E-state index in [1.807, 2.05) is 0 Å². The standard InChI is InChI=1S/C44H31N/c1-2-14-38(15-3-1)45(40-30-26-37(27-31-40)44-19-9-13-35-11-5-7-17-42(35)44)39-28-24-33(25-29-39)32-20-22-36(23-21-32)43-18-8-12-34-10-4-6-16-41(34)43/h1-31H. The summed E-state index contributed by atoms with van der Waals surface area (Å²) >= 11 is 0. The van der Waals surface area contributed by atoms with Gasteiger partial charge in [-0.25, -0.2) is 0 Å². The highest BCUT2D eigenvalue weighted by Crippen LogP contribution is 2.38. The van der Waals surface area contributed by atoms with Crippen LogP contribution in [-0.4, -0.2) is 0 Å². The van der Waals surface area contributed by atoms with E-state index in [0.29, 0.717) is 0 Å². The normalized spacial score (nSPS) is 11.1. The smallest absolute Gasteiger partial charge is 0.0462 e. The van der Waals surface area contributed by atoms with Crippen LogP contribution in [0.15, 0.2) is 188 Å². The molecule has 0 amide bonds. The van der Waals surface area contributed by atoms with Crippen LogP contribution in [0.25, 0.3) is 54.9 Å². The van der Waals surface area contributed by atoms with Crippen LogP contribution in [0, 0.1) is 0 Å². The van der Waals surface area contributed by atoms with Gasteiger partial charge in [-0.1, -0.05) is 152 Å². The van der Waals surface area contributed by atoms with Crippen LogP contribution in [0.5, 0.6) is 0 Å². The number of benzene rings is 8. The quantitative estimate of drug-likeness (QED) is 0.191. The molecule has 0 bridgehead atoms. The maximum absolute atomic E-state index is 2.32. The van der Waals surface area contributed by atoms with Gasteiger partial charge in [0.15, 0.2) is 0 Å². The number of para-hydroxylation sites is 1. The molecule has 1 heteroatoms. The van der Waals surface area contributed by atoms with Gasteiger partial charge in [0.2, 0.25) is 0 Å². The molecule has 8 aromatic carbocycles. The van der Waals surface area contributed by atoms with Gasteiger partial charge >= 0.3 is 0 Å². The van der Waals surface area contributed by atoms with Crippen molar-refractivity contribution in [2.45, 2.75) is 0 Å². The first-order chi connectivity index (χ1) is 22.3. The van der Waals surface area contributed by atoms with E-state index < -0.39 is 0 Å². The van der Waals surface area contributed by atoms with E-state index >= 15 is 0 Å². The van der Waals surface area contributed by atoms with Gasteiger partial charge in [0, 0.05) is 17.1 Å². The number of fused-ring (bicyclic) bond motifs is 2. The lowest BCUT2D eigenvalue weighted by molar-refractivity contribution is 1.28. The molecule has 0 fully saturated rings. The van der Waals surface area contributed by atoms with Crippen molar-refractivity contribution in [2.24, 2.45) is 0 Å². The Bertz CT molecular complexity index is 2220. The van der Waals surface area contributed by atoms with Gasteiger partial charge < -0.3 is 4.90 Å². The Labute approximate surface area is 264 Å². The van der Waals surface area contributed by atoms with Gasteiger partial charge in [0.25, 0.3) is 0 Å². The second-order valence-corrected chi connectivity index (χ2v) is 11.4. The Balaban J connectivity index is 1.11. The summed E-state index contributed by atoms with van der Waals surface area (Å²) in [6.45, 7) is 0. The van der Waals surface area contributed by atoms with Crippen LogP contribution in [0.3, 0.4) is 0 Å². The molecule has 0 spiro atoms. The Kier molecular flexibility index (Phi) is 6.90. The minimum atomic E-state index is 1.12. The average molecular weight is 574 g/mol. The molecule has 0 unspecified atom stereocenters. The lowest BCUT2D eigenvalue weighted by atomic mass is 9.96. The molecule has 0 saturated carbocycles. The van der Waals surface area contributed by atoms with E-state index in [1.54, 1.807) is 0 Å². The van der Waals surface area contributed by atoms with Crippen LogP contribution in [0.1, 0.15) is 0 Å². The summed E-state index contributed by atoms with van der Waals surface area (Å²) in [5.41, 5.74) is 10.7. The Morgan fingerprint density at radius 3 is 1.11 bits per heavy atom. The average Bonchev–Trinajstić information content (AvgIpc) is 3.12. The van der Waals surface area contributed by atoms with Gasteiger partial charge in [-0.3, -0.25) is 0 Å². The van der Waals surface area contributed by atoms with E-state index in [-0.39, 0.29) is 0 Å². The van der Waals surface area contributed by atoms with Crippen LogP contribution >= 0.6 is 0 Å². The molecular weight excluding hydrogens is 542 g/mol. The molecule has 0 atom stereocenters. The molecule has 8 aromatic rings. The molecule has 0 saturated heterocycles. The van der Waals surface area contributed by atoms with Crippen LogP contribution in [0.4, 0.5) is 17.1 Å². The molecular formula is C44H31N. The predicted octanol–water partition coefficient (Wildman–Crippen LogP) is 12.5. The first-order valence-corrected chi connectivity index (χ1v) is 15.4. The lowest BCUT2D eigenvalue weighted by Crippen LogP contribution is -2.09. The van der Waals surface area contributed by atoms with Crippen molar-refractivity contribution in [1.29, 1.82) is 0 Å². The number of hydrogen-bond donors (Lipinski definition) is 0. The molecule has 0 heterocycles. The molecule has 0 aliphatic rings. The van der Waals surface area contributed by atoms with Gasteiger partial charge in [-0.05, 0) is 91.3 Å². The maximum atomic E-state index is 2.32. The molecule has 45 heavy (non-hydrogen) atoms. The molecule has 212 valence electrons. The van der Waals surface area contributed by atoms with Crippen molar-refractivity contribution in [3.63, 3.8) is 0 Å². The fraction of sp³-hybridized carbons (Fsp3) is 0. The minimum Gasteiger partial charge on any atom is -0.311 e. The summed E-state index contributed by atoms with van der Waals surface area (Å²) in [4.78, 5) is 2.32. The number of nitrogens with zero attached hydrogens (tertiary/aromatic N) is 1. The minimum absolute atomic E-state index is 1.12. The van der Waals surface area contributed by atoms with Crippen LogP contribution in [0.2, 0.25) is 0 Å². The highest BCUT2D eigenvalue weighted by atomic mass is 15.1. The molecule has 0 radical (unpaired) electrons. The second kappa shape index (κ2) is 11.6. The molecule has 0 aliphatic heterocycles.